The molecule has 3 aromatic rings. The first-order valence-corrected chi connectivity index (χ1v) is 25.8. The molecule has 22 nitrogen and oxygen atoms in total. The summed E-state index contributed by atoms with van der Waals surface area (Å²) in [5.41, 5.74) is 5.43. The van der Waals surface area contributed by atoms with Crippen molar-refractivity contribution in [2.24, 2.45) is 5.10 Å². The minimum atomic E-state index is -2.01. The quantitative estimate of drug-likeness (QED) is 0.0136. The number of ether oxygens (including phenoxy) is 11. The number of rotatable bonds is 42. The summed E-state index contributed by atoms with van der Waals surface area (Å²) in [4.78, 5) is 32.6. The number of hydrogen-bond donors (Lipinski definition) is 4. The van der Waals surface area contributed by atoms with Gasteiger partial charge >= 0.3 is 5.97 Å². The second-order valence-electron chi connectivity index (χ2n) is 15.4. The van der Waals surface area contributed by atoms with E-state index in [1.54, 1.807) is 24.1 Å². The molecule has 0 spiro atoms. The Morgan fingerprint density at radius 3 is 2.08 bits per heavy atom. The van der Waals surface area contributed by atoms with E-state index in [2.05, 4.69) is 41.0 Å². The molecule has 75 heavy (non-hydrogen) atoms. The molecular weight excluding hydrogens is 1140 g/mol. The standard InChI is InChI=1S/C35H48ClF3N4O10.C11H20ClN4O4P.Y/c36-31-4-2-1-3-28(31)25-40-6-9-46-12-15-49-19-20-51-21-22-52-27-30-26-43(42-41-30)7-10-47-13-16-50-18-17-48-14-11-45-8-5-34(44)53-35-32(38)23-29(37)24-33(35)39;1-13-4-9(5-14-12)6-15-16-11-3-2-10(20-11)7-19-8-21(17)18;/h1-4,23-24,26,40H,5-22,25,27H2;5-6,10-11,16-18H,2-4,7-8H2,1H3;/q;-2;/b;9-5+,15-6-;. The summed E-state index contributed by atoms with van der Waals surface area (Å²) in [6.45, 7) is 8.86. The summed E-state index contributed by atoms with van der Waals surface area (Å²) in [6.07, 6.45) is 5.95. The van der Waals surface area contributed by atoms with Gasteiger partial charge in [0.1, 0.15) is 24.1 Å². The number of likely N-dealkylation sites (N-methyl/N-ethyl adjacent to an activating group) is 1. The van der Waals surface area contributed by atoms with Crippen LogP contribution in [0.5, 0.6) is 5.75 Å². The van der Waals surface area contributed by atoms with Crippen molar-refractivity contribution in [2.75, 3.05) is 132 Å². The van der Waals surface area contributed by atoms with Crippen molar-refractivity contribution < 1.29 is 113 Å². The van der Waals surface area contributed by atoms with Crippen LogP contribution in [0.3, 0.4) is 0 Å². The van der Waals surface area contributed by atoms with Gasteiger partial charge < -0.3 is 77.4 Å². The van der Waals surface area contributed by atoms with E-state index in [-0.39, 0.29) is 77.6 Å². The van der Waals surface area contributed by atoms with Gasteiger partial charge in [-0.3, -0.25) is 10.2 Å². The average molecular weight is 1200 g/mol. The Labute approximate surface area is 472 Å². The molecule has 0 saturated carbocycles. The van der Waals surface area contributed by atoms with E-state index in [0.29, 0.717) is 130 Å². The molecule has 2 aromatic carbocycles. The summed E-state index contributed by atoms with van der Waals surface area (Å²) < 4.78 is 101. The summed E-state index contributed by atoms with van der Waals surface area (Å²) in [7, 11) is -0.315. The molecule has 4 rings (SSSR count). The van der Waals surface area contributed by atoms with Crippen LogP contribution in [0.4, 0.5) is 13.2 Å². The minimum Gasteiger partial charge on any atom is -0.661 e. The Kier molecular flexibility index (Phi) is 41.4. The van der Waals surface area contributed by atoms with Gasteiger partial charge in [0.05, 0.1) is 138 Å². The van der Waals surface area contributed by atoms with Crippen LogP contribution >= 0.6 is 31.8 Å². The Morgan fingerprint density at radius 1 is 0.867 bits per heavy atom. The van der Waals surface area contributed by atoms with Gasteiger partial charge in [-0.2, -0.15) is 18.3 Å². The van der Waals surface area contributed by atoms with E-state index in [1.807, 2.05) is 24.3 Å². The van der Waals surface area contributed by atoms with Crippen molar-refractivity contribution in [1.29, 1.82) is 0 Å². The maximum absolute atomic E-state index is 13.5. The first-order chi connectivity index (χ1) is 36.1. The molecule has 0 amide bonds. The van der Waals surface area contributed by atoms with Gasteiger partial charge in [-0.25, -0.2) is 29.6 Å². The Morgan fingerprint density at radius 2 is 1.47 bits per heavy atom. The zero-order valence-corrected chi connectivity index (χ0v) is 47.2. The third-order valence-electron chi connectivity index (χ3n) is 9.48. The van der Waals surface area contributed by atoms with E-state index >= 15 is 0 Å². The first kappa shape index (κ1) is 68.5. The molecule has 29 heteroatoms. The molecule has 1 radical (unpaired) electrons. The molecule has 4 N–H and O–H groups in total. The maximum Gasteiger partial charge on any atom is 0.313 e. The SMILES string of the molecule is C[N-]CC(/C=N\NC1CCC(COCP(O)O)O1)=C\[N-]Cl.O=C(CCOCCOCCOCCOCCn1cc(COCCOCCOCCOCCNCc2ccccc2Cl)nn1)Oc1c(F)cc(F)cc1F.[Y]. The maximum atomic E-state index is 13.5. The summed E-state index contributed by atoms with van der Waals surface area (Å²) >= 11 is 11.4. The summed E-state index contributed by atoms with van der Waals surface area (Å²) in [5, 5.41) is 20.2. The fourth-order valence-electron chi connectivity index (χ4n) is 5.98. The van der Waals surface area contributed by atoms with Gasteiger partial charge in [0.2, 0.25) is 5.75 Å². The van der Waals surface area contributed by atoms with Gasteiger partial charge in [-0.15, -0.1) is 11.6 Å². The fraction of sp³-hybridized carbons (Fsp3) is 0.609. The molecule has 1 fully saturated rings. The third kappa shape index (κ3) is 34.8. The fourth-order valence-corrected chi connectivity index (χ4v) is 6.58. The summed E-state index contributed by atoms with van der Waals surface area (Å²) in [6, 6.07) is 8.60. The number of nitrogens with one attached hydrogen (secondary N) is 2. The monoisotopic (exact) mass is 1200 g/mol. The molecule has 0 aliphatic carbocycles. The van der Waals surface area contributed by atoms with Crippen molar-refractivity contribution in [3.8, 4) is 5.75 Å². The van der Waals surface area contributed by atoms with E-state index in [1.165, 1.54) is 6.20 Å². The van der Waals surface area contributed by atoms with E-state index in [0.717, 1.165) is 35.5 Å². The van der Waals surface area contributed by atoms with Crippen LogP contribution < -0.4 is 15.5 Å². The predicted octanol–water partition coefficient (Wildman–Crippen LogP) is 5.52. The zero-order chi connectivity index (χ0) is 53.3. The van der Waals surface area contributed by atoms with Gasteiger partial charge in [-0.05, 0) is 24.5 Å². The van der Waals surface area contributed by atoms with Gasteiger partial charge in [0.15, 0.2) is 20.0 Å². The number of benzene rings is 2. The molecule has 1 aliphatic heterocycles. The molecule has 1 aromatic heterocycles. The zero-order valence-electron chi connectivity index (χ0n) is 41.9. The third-order valence-corrected chi connectivity index (χ3v) is 10.4. The molecule has 1 saturated heterocycles. The van der Waals surface area contributed by atoms with E-state index < -0.39 is 37.5 Å². The average Bonchev–Trinajstić information content (AvgIpc) is 4.04. The molecule has 421 valence electrons. The Bertz CT molecular complexity index is 1980. The summed E-state index contributed by atoms with van der Waals surface area (Å²) in [5.74, 6) is -5.57. The topological polar surface area (TPSA) is 254 Å². The largest absolute Gasteiger partial charge is 0.661 e. The van der Waals surface area contributed by atoms with Crippen LogP contribution in [0.15, 0.2) is 59.5 Å². The van der Waals surface area contributed by atoms with Crippen LogP contribution in [-0.4, -0.2) is 181 Å². The van der Waals surface area contributed by atoms with E-state index in [4.69, 9.17) is 80.5 Å². The Balaban J connectivity index is 0.000000732. The molecule has 2 atom stereocenters. The number of carbonyl (C=O) groups is 1. The van der Waals surface area contributed by atoms with Crippen molar-refractivity contribution in [1.82, 2.24) is 25.7 Å². The Hall–Kier alpha value is -2.60. The van der Waals surface area contributed by atoms with Crippen LogP contribution in [0.25, 0.3) is 10.2 Å². The van der Waals surface area contributed by atoms with Crippen molar-refractivity contribution >= 4 is 43.9 Å². The van der Waals surface area contributed by atoms with Crippen molar-refractivity contribution in [3.05, 3.63) is 98.3 Å². The number of aromatic nitrogens is 3. The molecule has 2 heterocycles. The smallest absolute Gasteiger partial charge is 0.313 e. The van der Waals surface area contributed by atoms with Gasteiger partial charge in [-0.1, -0.05) is 40.6 Å². The number of hydrogen-bond acceptors (Lipinski definition) is 19. The number of esters is 1. The van der Waals surface area contributed by atoms with Crippen molar-refractivity contribution in [3.63, 3.8) is 0 Å². The van der Waals surface area contributed by atoms with Crippen LogP contribution in [0.2, 0.25) is 5.02 Å². The van der Waals surface area contributed by atoms with E-state index in [9.17, 15) is 18.0 Å². The predicted molar refractivity (Wildman–Crippen MR) is 268 cm³/mol. The molecule has 1 aliphatic rings. The number of nitrogens with zero attached hydrogens (tertiary/aromatic N) is 6. The van der Waals surface area contributed by atoms with Crippen LogP contribution in [0, 0.1) is 17.5 Å². The van der Waals surface area contributed by atoms with Gasteiger partial charge in [0.25, 0.3) is 0 Å². The van der Waals surface area contributed by atoms with Crippen LogP contribution in [-0.2, 0) is 105 Å². The number of halogens is 5. The molecule has 0 bridgehead atoms. The second kappa shape index (κ2) is 45.3. The molecular formula is C46H68Cl2F3N8O14PY-2. The van der Waals surface area contributed by atoms with Crippen molar-refractivity contribution in [2.45, 2.75) is 51.3 Å². The van der Waals surface area contributed by atoms with Crippen LogP contribution in [0.1, 0.15) is 30.5 Å². The van der Waals surface area contributed by atoms with Gasteiger partial charge in [0, 0.05) is 69.2 Å². The normalized spacial score (nSPS) is 14.5. The minimum absolute atomic E-state index is 0. The first-order valence-electron chi connectivity index (χ1n) is 23.6. The number of hydrazone groups is 1. The number of carbonyl (C=O) groups excluding carboxylic acids is 1. The second-order valence-corrected chi connectivity index (χ2v) is 17.0. The molecule has 2 unspecified atom stereocenters.